The maximum absolute atomic E-state index is 13.1. The van der Waals surface area contributed by atoms with Crippen molar-refractivity contribution in [2.75, 3.05) is 11.4 Å². The SMILES string of the molecule is Cc1cc(C)c(/C=C2\C(=O)N(C(=O)NCC(N)NC(C)(C)C)c3ccccc32)[nH]1. The Hall–Kier alpha value is -2.90. The van der Waals surface area contributed by atoms with Gasteiger partial charge < -0.3 is 16.0 Å². The lowest BCUT2D eigenvalue weighted by atomic mass is 10.1. The summed E-state index contributed by atoms with van der Waals surface area (Å²) in [5.41, 5.74) is 10.6. The molecule has 0 spiro atoms. The minimum atomic E-state index is -0.489. The molecule has 7 heteroatoms. The predicted molar refractivity (Wildman–Crippen MR) is 116 cm³/mol. The lowest BCUT2D eigenvalue weighted by Crippen LogP contribution is -2.55. The number of nitrogens with one attached hydrogen (secondary N) is 3. The van der Waals surface area contributed by atoms with Gasteiger partial charge in [0.2, 0.25) is 0 Å². The lowest BCUT2D eigenvalue weighted by molar-refractivity contribution is -0.112. The largest absolute Gasteiger partial charge is 0.359 e. The topological polar surface area (TPSA) is 103 Å². The van der Waals surface area contributed by atoms with E-state index in [0.29, 0.717) is 11.3 Å². The zero-order valence-electron chi connectivity index (χ0n) is 17.6. The Kier molecular flexibility index (Phi) is 5.64. The molecule has 1 aliphatic heterocycles. The number of hydrogen-bond acceptors (Lipinski definition) is 4. The first-order valence-corrected chi connectivity index (χ1v) is 9.69. The molecular weight excluding hydrogens is 366 g/mol. The minimum absolute atomic E-state index is 0.178. The molecule has 0 aliphatic carbocycles. The number of carbonyl (C=O) groups excluding carboxylic acids is 2. The van der Waals surface area contributed by atoms with Crippen LogP contribution in [0, 0.1) is 13.8 Å². The van der Waals surface area contributed by atoms with E-state index in [4.69, 9.17) is 5.73 Å². The van der Waals surface area contributed by atoms with Crippen LogP contribution in [0.15, 0.2) is 30.3 Å². The van der Waals surface area contributed by atoms with Crippen LogP contribution >= 0.6 is 0 Å². The van der Waals surface area contributed by atoms with Gasteiger partial charge in [0.25, 0.3) is 5.91 Å². The zero-order chi connectivity index (χ0) is 21.3. The molecule has 3 rings (SSSR count). The van der Waals surface area contributed by atoms with Gasteiger partial charge in [-0.15, -0.1) is 0 Å². The third-order valence-electron chi connectivity index (χ3n) is 4.64. The second kappa shape index (κ2) is 7.85. The molecule has 0 radical (unpaired) electrons. The van der Waals surface area contributed by atoms with Gasteiger partial charge in [-0.1, -0.05) is 18.2 Å². The fraction of sp³-hybridized carbons (Fsp3) is 0.364. The van der Waals surface area contributed by atoms with Crippen molar-refractivity contribution in [1.82, 2.24) is 15.6 Å². The number of fused-ring (bicyclic) bond motifs is 1. The van der Waals surface area contributed by atoms with Gasteiger partial charge in [-0.05, 0) is 58.4 Å². The van der Waals surface area contributed by atoms with Crippen LogP contribution in [0.2, 0.25) is 0 Å². The van der Waals surface area contributed by atoms with E-state index in [1.165, 1.54) is 4.90 Å². The summed E-state index contributed by atoms with van der Waals surface area (Å²) < 4.78 is 0. The Morgan fingerprint density at radius 2 is 1.97 bits per heavy atom. The average molecular weight is 396 g/mol. The molecule has 1 atom stereocenters. The molecule has 29 heavy (non-hydrogen) atoms. The maximum atomic E-state index is 13.1. The van der Waals surface area contributed by atoms with E-state index in [-0.39, 0.29) is 18.0 Å². The molecule has 1 unspecified atom stereocenters. The number of para-hydroxylation sites is 1. The van der Waals surface area contributed by atoms with Crippen LogP contribution in [0.1, 0.15) is 43.3 Å². The Bertz CT molecular complexity index is 968. The summed E-state index contributed by atoms with van der Waals surface area (Å²) in [5.74, 6) is -0.354. The van der Waals surface area contributed by atoms with Gasteiger partial charge in [0, 0.05) is 29.0 Å². The third kappa shape index (κ3) is 4.58. The fourth-order valence-corrected chi connectivity index (χ4v) is 3.51. The van der Waals surface area contributed by atoms with Crippen molar-refractivity contribution in [2.45, 2.75) is 46.3 Å². The number of imide groups is 1. The molecule has 7 nitrogen and oxygen atoms in total. The van der Waals surface area contributed by atoms with E-state index in [1.807, 2.05) is 65.0 Å². The molecule has 0 fully saturated rings. The van der Waals surface area contributed by atoms with Crippen LogP contribution in [0.5, 0.6) is 0 Å². The fourth-order valence-electron chi connectivity index (χ4n) is 3.51. The van der Waals surface area contributed by atoms with Gasteiger partial charge >= 0.3 is 6.03 Å². The molecule has 0 bridgehead atoms. The van der Waals surface area contributed by atoms with Crippen LogP contribution in [0.25, 0.3) is 11.6 Å². The van der Waals surface area contributed by atoms with Crippen molar-refractivity contribution in [1.29, 1.82) is 0 Å². The van der Waals surface area contributed by atoms with Crippen LogP contribution in [-0.2, 0) is 4.79 Å². The average Bonchev–Trinajstić information content (AvgIpc) is 3.08. The standard InChI is InChI=1S/C22H29N5O2/c1-13-10-14(2)25-17(13)11-16-15-8-6-7-9-18(15)27(20(16)28)21(29)24-12-19(23)26-22(3,4)5/h6-11,19,25-26H,12,23H2,1-5H3,(H,24,29)/b16-11-. The molecule has 5 N–H and O–H groups in total. The van der Waals surface area contributed by atoms with Crippen molar-refractivity contribution < 1.29 is 9.59 Å². The van der Waals surface area contributed by atoms with E-state index in [9.17, 15) is 9.59 Å². The molecule has 154 valence electrons. The molecule has 3 amide bonds. The number of aryl methyl sites for hydroxylation is 2. The van der Waals surface area contributed by atoms with Crippen molar-refractivity contribution >= 4 is 29.3 Å². The number of rotatable bonds is 4. The summed E-state index contributed by atoms with van der Waals surface area (Å²) in [6, 6.07) is 8.82. The lowest BCUT2D eigenvalue weighted by Gasteiger charge is -2.26. The quantitative estimate of drug-likeness (QED) is 0.472. The maximum Gasteiger partial charge on any atom is 0.329 e. The van der Waals surface area contributed by atoms with E-state index in [0.717, 1.165) is 22.5 Å². The van der Waals surface area contributed by atoms with Crippen LogP contribution in [0.4, 0.5) is 10.5 Å². The molecule has 2 aromatic rings. The van der Waals surface area contributed by atoms with E-state index in [1.54, 1.807) is 6.07 Å². The van der Waals surface area contributed by atoms with Gasteiger partial charge in [0.1, 0.15) is 0 Å². The first kappa shape index (κ1) is 20.8. The number of benzene rings is 1. The van der Waals surface area contributed by atoms with Crippen LogP contribution < -0.4 is 21.3 Å². The van der Waals surface area contributed by atoms with Gasteiger partial charge in [-0.3, -0.25) is 10.1 Å². The highest BCUT2D eigenvalue weighted by atomic mass is 16.2. The molecule has 0 saturated carbocycles. The number of hydrogen-bond donors (Lipinski definition) is 4. The Morgan fingerprint density at radius 1 is 1.28 bits per heavy atom. The number of H-pyrrole nitrogens is 1. The summed E-state index contributed by atoms with van der Waals surface area (Å²) >= 11 is 0. The third-order valence-corrected chi connectivity index (χ3v) is 4.64. The summed E-state index contributed by atoms with van der Waals surface area (Å²) in [7, 11) is 0. The number of aromatic amines is 1. The zero-order valence-corrected chi connectivity index (χ0v) is 17.6. The molecule has 1 aliphatic rings. The van der Waals surface area contributed by atoms with Crippen LogP contribution in [-0.4, -0.2) is 35.2 Å². The molecular formula is C22H29N5O2. The first-order chi connectivity index (χ1) is 13.6. The number of carbonyl (C=O) groups is 2. The van der Waals surface area contributed by atoms with Crippen molar-refractivity contribution in [3.8, 4) is 0 Å². The summed E-state index contributed by atoms with van der Waals surface area (Å²) in [5, 5.41) is 5.95. The Morgan fingerprint density at radius 3 is 2.59 bits per heavy atom. The number of nitrogens with two attached hydrogens (primary N) is 1. The highest BCUT2D eigenvalue weighted by Gasteiger charge is 2.36. The van der Waals surface area contributed by atoms with Gasteiger partial charge in [-0.25, -0.2) is 9.69 Å². The smallest absolute Gasteiger partial charge is 0.329 e. The molecule has 0 saturated heterocycles. The van der Waals surface area contributed by atoms with Crippen LogP contribution in [0.3, 0.4) is 0 Å². The predicted octanol–water partition coefficient (Wildman–Crippen LogP) is 2.90. The molecule has 2 heterocycles. The van der Waals surface area contributed by atoms with Crippen molar-refractivity contribution in [3.63, 3.8) is 0 Å². The van der Waals surface area contributed by atoms with Crippen molar-refractivity contribution in [3.05, 3.63) is 52.8 Å². The number of anilines is 1. The number of nitrogens with zero attached hydrogens (tertiary/aromatic N) is 1. The normalized spacial score (nSPS) is 16.3. The summed E-state index contributed by atoms with van der Waals surface area (Å²) in [4.78, 5) is 30.4. The van der Waals surface area contributed by atoms with E-state index in [2.05, 4.69) is 15.6 Å². The van der Waals surface area contributed by atoms with Crippen molar-refractivity contribution in [2.24, 2.45) is 5.73 Å². The second-order valence-electron chi connectivity index (χ2n) is 8.45. The molecule has 1 aromatic carbocycles. The summed E-state index contributed by atoms with van der Waals surface area (Å²) in [6.45, 7) is 10.1. The number of urea groups is 1. The van der Waals surface area contributed by atoms with Gasteiger partial charge in [0.15, 0.2) is 0 Å². The summed E-state index contributed by atoms with van der Waals surface area (Å²) in [6.07, 6.45) is 1.38. The first-order valence-electron chi connectivity index (χ1n) is 9.69. The second-order valence-corrected chi connectivity index (χ2v) is 8.45. The highest BCUT2D eigenvalue weighted by molar-refractivity contribution is 6.41. The highest BCUT2D eigenvalue weighted by Crippen LogP contribution is 2.37. The number of amides is 3. The Balaban J connectivity index is 1.84. The monoisotopic (exact) mass is 395 g/mol. The molecule has 1 aromatic heterocycles. The van der Waals surface area contributed by atoms with Gasteiger partial charge in [0.05, 0.1) is 17.4 Å². The Labute approximate surface area is 171 Å². The minimum Gasteiger partial charge on any atom is -0.359 e. The van der Waals surface area contributed by atoms with E-state index < -0.39 is 12.2 Å². The number of aromatic nitrogens is 1. The van der Waals surface area contributed by atoms with Gasteiger partial charge in [-0.2, -0.15) is 0 Å². The van der Waals surface area contributed by atoms with E-state index >= 15 is 0 Å².